The van der Waals surface area contributed by atoms with Crippen LogP contribution in [0.5, 0.6) is 0 Å². The van der Waals surface area contributed by atoms with E-state index in [1.165, 1.54) is 35.1 Å². The third-order valence-electron chi connectivity index (χ3n) is 8.77. The molecule has 2 aromatic heterocycles. The van der Waals surface area contributed by atoms with Crippen molar-refractivity contribution >= 4 is 33.4 Å². The molecule has 3 atom stereocenters. The summed E-state index contributed by atoms with van der Waals surface area (Å²) in [5.74, 6) is -5.80. The van der Waals surface area contributed by atoms with Gasteiger partial charge in [-0.15, -0.1) is 0 Å². The molecule has 5 rings (SSSR count). The van der Waals surface area contributed by atoms with Gasteiger partial charge in [0.25, 0.3) is 10.0 Å². The van der Waals surface area contributed by atoms with Crippen molar-refractivity contribution in [1.29, 1.82) is 0 Å². The molecule has 3 heterocycles. The maximum atomic E-state index is 14.5. The van der Waals surface area contributed by atoms with Crippen molar-refractivity contribution in [1.82, 2.24) is 24.2 Å². The van der Waals surface area contributed by atoms with Gasteiger partial charge in [0.15, 0.2) is 11.2 Å². The number of hydrogen-bond acceptors (Lipinski definition) is 8. The first-order valence-electron chi connectivity index (χ1n) is 15.3. The summed E-state index contributed by atoms with van der Waals surface area (Å²) in [6, 6.07) is 5.20. The topological polar surface area (TPSA) is 149 Å². The minimum atomic E-state index is -5.09. The molecule has 0 spiro atoms. The summed E-state index contributed by atoms with van der Waals surface area (Å²) in [5, 5.41) is 7.04. The van der Waals surface area contributed by atoms with E-state index in [1.54, 1.807) is 20.8 Å². The lowest BCUT2D eigenvalue weighted by Gasteiger charge is -2.35. The Morgan fingerprint density at radius 1 is 1.15 bits per heavy atom. The number of anilines is 1. The number of hydrogen-bond donors (Lipinski definition) is 2. The number of alkyl carbamates (subject to hydrolysis) is 1. The minimum Gasteiger partial charge on any atom is -0.444 e. The van der Waals surface area contributed by atoms with E-state index in [0.29, 0.717) is 18.2 Å². The second-order valence-corrected chi connectivity index (χ2v) is 15.5. The third kappa shape index (κ3) is 7.05. The van der Waals surface area contributed by atoms with Crippen LogP contribution in [0.1, 0.15) is 77.1 Å². The van der Waals surface area contributed by atoms with Crippen LogP contribution >= 0.6 is 0 Å². The molecule has 262 valence electrons. The van der Waals surface area contributed by atoms with Crippen LogP contribution < -0.4 is 11.1 Å². The van der Waals surface area contributed by atoms with Crippen molar-refractivity contribution in [2.45, 2.75) is 100 Å². The number of benzene rings is 1. The Balaban J connectivity index is 1.43. The Morgan fingerprint density at radius 2 is 1.77 bits per heavy atom. The van der Waals surface area contributed by atoms with Gasteiger partial charge in [-0.2, -0.15) is 18.3 Å². The van der Waals surface area contributed by atoms with Crippen LogP contribution in [0.4, 0.5) is 32.4 Å². The lowest BCUT2D eigenvalue weighted by molar-refractivity contribution is -0.205. The molecule has 2 aliphatic rings. The fraction of sp³-hybridized carbons (Fsp3) is 0.548. The summed E-state index contributed by atoms with van der Waals surface area (Å²) < 4.78 is 105. The summed E-state index contributed by atoms with van der Waals surface area (Å²) in [6.45, 7) is 5.72. The number of imidazole rings is 1. The van der Waals surface area contributed by atoms with Gasteiger partial charge in [0.2, 0.25) is 11.8 Å². The van der Waals surface area contributed by atoms with Crippen LogP contribution in [0.3, 0.4) is 0 Å². The number of rotatable bonds is 7. The largest absolute Gasteiger partial charge is 0.444 e. The van der Waals surface area contributed by atoms with E-state index >= 15 is 0 Å². The molecule has 0 bridgehead atoms. The molecule has 0 radical (unpaired) electrons. The van der Waals surface area contributed by atoms with Gasteiger partial charge in [0.1, 0.15) is 5.60 Å². The molecule has 3 N–H and O–H groups in total. The Kier molecular flexibility index (Phi) is 8.93. The molecule has 1 aliphatic heterocycles. The van der Waals surface area contributed by atoms with E-state index in [0.717, 1.165) is 12.1 Å². The zero-order valence-electron chi connectivity index (χ0n) is 26.7. The number of carbonyl (C=O) groups is 2. The predicted octanol–water partition coefficient (Wildman–Crippen LogP) is 5.80. The maximum Gasteiger partial charge on any atom is 0.412 e. The molecule has 1 saturated carbocycles. The summed E-state index contributed by atoms with van der Waals surface area (Å²) in [7, 11) is -4.92. The van der Waals surface area contributed by atoms with E-state index in [-0.39, 0.29) is 47.7 Å². The molecule has 1 aromatic carbocycles. The zero-order valence-corrected chi connectivity index (χ0v) is 27.5. The van der Waals surface area contributed by atoms with Crippen LogP contribution in [-0.2, 0) is 26.0 Å². The number of amides is 2. The molecule has 3 aromatic rings. The number of nitrogens with one attached hydrogen (secondary N) is 1. The first kappa shape index (κ1) is 35.3. The molecule has 1 unspecified atom stereocenters. The molecule has 48 heavy (non-hydrogen) atoms. The number of sulfonamides is 1. The van der Waals surface area contributed by atoms with Crippen LogP contribution in [0.2, 0.25) is 0 Å². The number of carbonyl (C=O) groups excluding carboxylic acids is 2. The SMILES string of the molecule is CC(C)(C)OC(=O)N[C@H](c1cn2ncc(CC3C[C@@](C)(C(F)(F)F)N(S(=O)(=O)c4ccc(N)cc4)C3=O)cc2n1)C1CCC(F)(F)CC1. The molecule has 1 saturated heterocycles. The lowest BCUT2D eigenvalue weighted by Crippen LogP contribution is -2.56. The van der Waals surface area contributed by atoms with Crippen LogP contribution in [0, 0.1) is 11.8 Å². The van der Waals surface area contributed by atoms with Crippen molar-refractivity contribution < 1.29 is 44.7 Å². The van der Waals surface area contributed by atoms with E-state index in [1.807, 2.05) is 0 Å². The number of nitrogen functional groups attached to an aromatic ring is 1. The number of alkyl halides is 5. The van der Waals surface area contributed by atoms with Gasteiger partial charge in [-0.3, -0.25) is 4.79 Å². The van der Waals surface area contributed by atoms with Crippen molar-refractivity contribution in [2.75, 3.05) is 5.73 Å². The van der Waals surface area contributed by atoms with Crippen molar-refractivity contribution in [3.63, 3.8) is 0 Å². The highest BCUT2D eigenvalue weighted by atomic mass is 32.2. The Hall–Kier alpha value is -4.02. The van der Waals surface area contributed by atoms with Gasteiger partial charge in [-0.25, -0.2) is 35.8 Å². The number of nitrogens with zero attached hydrogens (tertiary/aromatic N) is 4. The number of nitrogens with two attached hydrogens (primary N) is 1. The summed E-state index contributed by atoms with van der Waals surface area (Å²) >= 11 is 0. The van der Waals surface area contributed by atoms with Crippen LogP contribution in [-0.4, -0.2) is 62.6 Å². The quantitative estimate of drug-likeness (QED) is 0.232. The number of aromatic nitrogens is 3. The van der Waals surface area contributed by atoms with Gasteiger partial charge < -0.3 is 15.8 Å². The van der Waals surface area contributed by atoms with E-state index in [9.17, 15) is 40.0 Å². The lowest BCUT2D eigenvalue weighted by atomic mass is 9.81. The minimum absolute atomic E-state index is 0.0730. The zero-order chi connectivity index (χ0) is 35.4. The maximum absolute atomic E-state index is 14.5. The van der Waals surface area contributed by atoms with Gasteiger partial charge in [-0.1, -0.05) is 0 Å². The first-order chi connectivity index (χ1) is 22.1. The average Bonchev–Trinajstić information content (AvgIpc) is 3.49. The third-order valence-corrected chi connectivity index (χ3v) is 10.7. The van der Waals surface area contributed by atoms with Crippen LogP contribution in [0.15, 0.2) is 47.6 Å². The van der Waals surface area contributed by atoms with E-state index in [4.69, 9.17) is 10.5 Å². The highest BCUT2D eigenvalue weighted by molar-refractivity contribution is 7.89. The summed E-state index contributed by atoms with van der Waals surface area (Å²) in [6.07, 6.45) is -4.63. The van der Waals surface area contributed by atoms with Crippen molar-refractivity contribution in [2.24, 2.45) is 11.8 Å². The van der Waals surface area contributed by atoms with Crippen molar-refractivity contribution in [3.8, 4) is 0 Å². The molecule has 17 heteroatoms. The smallest absolute Gasteiger partial charge is 0.412 e. The Bertz CT molecular complexity index is 1800. The molecule has 2 fully saturated rings. The van der Waals surface area contributed by atoms with E-state index in [2.05, 4.69) is 15.4 Å². The fourth-order valence-corrected chi connectivity index (χ4v) is 8.11. The molecule has 11 nitrogen and oxygen atoms in total. The molecular formula is C31H37F5N6O5S. The summed E-state index contributed by atoms with van der Waals surface area (Å²) in [4.78, 5) is 30.3. The average molecular weight is 701 g/mol. The van der Waals surface area contributed by atoms with Gasteiger partial charge in [-0.05, 0) is 95.2 Å². The standard InChI is InChI=1S/C31H37F5N6O5S/c1-28(2,3)47-27(44)40-25(19-9-11-30(32,33)12-10-19)23-17-41-24(39-23)14-18(16-38-41)13-20-15-29(4,31(34,35)36)42(26(20)43)48(45,46)22-7-5-21(37)6-8-22/h5-8,14,16-17,19-20,25H,9-13,15,37H2,1-4H3,(H,40,44)/t20?,25-,29-/m0/s1. The number of fused-ring (bicyclic) bond motifs is 1. The van der Waals surface area contributed by atoms with Gasteiger partial charge in [0, 0.05) is 24.4 Å². The molecule has 1 aliphatic carbocycles. The monoisotopic (exact) mass is 700 g/mol. The summed E-state index contributed by atoms with van der Waals surface area (Å²) in [5.41, 5.74) is 2.79. The Labute approximate surface area is 274 Å². The highest BCUT2D eigenvalue weighted by Gasteiger charge is 2.66. The van der Waals surface area contributed by atoms with Gasteiger partial charge in [0.05, 0.1) is 29.0 Å². The first-order valence-corrected chi connectivity index (χ1v) is 16.8. The fourth-order valence-electron chi connectivity index (χ4n) is 6.32. The highest BCUT2D eigenvalue weighted by Crippen LogP contribution is 2.49. The Morgan fingerprint density at radius 3 is 2.35 bits per heavy atom. The number of ether oxygens (including phenoxy) is 1. The second-order valence-electron chi connectivity index (χ2n) is 13.7. The second kappa shape index (κ2) is 12.1. The predicted molar refractivity (Wildman–Crippen MR) is 163 cm³/mol. The normalized spacial score (nSPS) is 23.0. The van der Waals surface area contributed by atoms with E-state index < -0.39 is 74.5 Å². The molecular weight excluding hydrogens is 663 g/mol. The van der Waals surface area contributed by atoms with Gasteiger partial charge >= 0.3 is 12.3 Å². The number of halogens is 5. The van der Waals surface area contributed by atoms with Crippen molar-refractivity contribution in [3.05, 3.63) is 54.0 Å². The van der Waals surface area contributed by atoms with Crippen LogP contribution in [0.25, 0.3) is 5.65 Å². The molecule has 2 amide bonds.